The van der Waals surface area contributed by atoms with Crippen LogP contribution in [-0.4, -0.2) is 56.6 Å². The Hall–Kier alpha value is -3.02. The first-order valence-corrected chi connectivity index (χ1v) is 16.7. The van der Waals surface area contributed by atoms with E-state index in [1.54, 1.807) is 43.3 Å². The molecule has 41 heavy (non-hydrogen) atoms. The van der Waals surface area contributed by atoms with Crippen LogP contribution in [0.15, 0.2) is 87.1 Å². The van der Waals surface area contributed by atoms with Gasteiger partial charge >= 0.3 is 0 Å². The summed E-state index contributed by atoms with van der Waals surface area (Å²) in [7, 11) is -4.15. The van der Waals surface area contributed by atoms with E-state index >= 15 is 0 Å². The molecular weight excluding hydrogens is 626 g/mol. The van der Waals surface area contributed by atoms with Crippen molar-refractivity contribution < 1.29 is 22.7 Å². The van der Waals surface area contributed by atoms with Gasteiger partial charge in [0.25, 0.3) is 10.0 Å². The Morgan fingerprint density at radius 1 is 0.951 bits per heavy atom. The molecule has 0 aliphatic rings. The van der Waals surface area contributed by atoms with Crippen LogP contribution in [-0.2, 0) is 26.2 Å². The Morgan fingerprint density at radius 2 is 1.56 bits per heavy atom. The Bertz CT molecular complexity index is 1410. The lowest BCUT2D eigenvalue weighted by Gasteiger charge is -2.32. The van der Waals surface area contributed by atoms with Gasteiger partial charge in [-0.15, -0.1) is 11.8 Å². The molecule has 3 aromatic rings. The summed E-state index contributed by atoms with van der Waals surface area (Å²) >= 11 is 4.92. The van der Waals surface area contributed by atoms with Crippen LogP contribution >= 0.6 is 27.7 Å². The zero-order chi connectivity index (χ0) is 30.2. The number of thioether (sulfide) groups is 1. The number of ether oxygens (including phenoxy) is 1. The highest BCUT2D eigenvalue weighted by atomic mass is 79.9. The van der Waals surface area contributed by atoms with Crippen molar-refractivity contribution in [2.45, 2.75) is 56.1 Å². The molecule has 0 aromatic heterocycles. The summed E-state index contributed by atoms with van der Waals surface area (Å²) in [6.07, 6.45) is 1.91. The number of nitrogens with zero attached hydrogens (tertiary/aromatic N) is 2. The average Bonchev–Trinajstić information content (AvgIpc) is 2.95. The van der Waals surface area contributed by atoms with E-state index in [-0.39, 0.29) is 23.4 Å². The Kier molecular flexibility index (Phi) is 11.7. The molecule has 0 bridgehead atoms. The van der Waals surface area contributed by atoms with Crippen LogP contribution in [0.1, 0.15) is 33.3 Å². The topological polar surface area (TPSA) is 96.0 Å². The van der Waals surface area contributed by atoms with Crippen molar-refractivity contribution >= 4 is 55.2 Å². The van der Waals surface area contributed by atoms with Gasteiger partial charge in [0.15, 0.2) is 0 Å². The fraction of sp³-hybridized carbons (Fsp3) is 0.333. The van der Waals surface area contributed by atoms with E-state index in [9.17, 15) is 18.0 Å². The van der Waals surface area contributed by atoms with Gasteiger partial charge in [0.2, 0.25) is 11.8 Å². The maximum Gasteiger partial charge on any atom is 0.264 e. The third kappa shape index (κ3) is 8.73. The minimum absolute atomic E-state index is 0.0574. The molecule has 0 spiro atoms. The van der Waals surface area contributed by atoms with Crippen LogP contribution < -0.4 is 14.4 Å². The van der Waals surface area contributed by atoms with E-state index in [0.717, 1.165) is 19.2 Å². The molecule has 1 N–H and O–H groups in total. The minimum atomic E-state index is -4.15. The van der Waals surface area contributed by atoms with Crippen LogP contribution in [0.3, 0.4) is 0 Å². The van der Waals surface area contributed by atoms with Gasteiger partial charge in [-0.1, -0.05) is 28.1 Å². The van der Waals surface area contributed by atoms with E-state index in [1.165, 1.54) is 28.8 Å². The molecule has 0 heterocycles. The quantitative estimate of drug-likeness (QED) is 0.236. The zero-order valence-corrected chi connectivity index (χ0v) is 27.1. The molecule has 0 aliphatic carbocycles. The zero-order valence-electron chi connectivity index (χ0n) is 23.8. The van der Waals surface area contributed by atoms with Crippen molar-refractivity contribution in [1.29, 1.82) is 0 Å². The van der Waals surface area contributed by atoms with Crippen molar-refractivity contribution in [3.63, 3.8) is 0 Å². The third-order valence-corrected chi connectivity index (χ3v) is 9.29. The number of carbonyl (C=O) groups excluding carboxylic acids is 2. The summed E-state index contributed by atoms with van der Waals surface area (Å²) in [5.74, 6) is -0.258. The van der Waals surface area contributed by atoms with Gasteiger partial charge in [-0.3, -0.25) is 13.9 Å². The number of rotatable bonds is 13. The summed E-state index contributed by atoms with van der Waals surface area (Å²) in [4.78, 5) is 29.4. The maximum atomic E-state index is 14.0. The van der Waals surface area contributed by atoms with Crippen molar-refractivity contribution in [1.82, 2.24) is 10.2 Å². The van der Waals surface area contributed by atoms with E-state index in [2.05, 4.69) is 21.2 Å². The van der Waals surface area contributed by atoms with Crippen molar-refractivity contribution in [3.05, 3.63) is 82.8 Å². The molecular formula is C30H36BrN3O5S2. The largest absolute Gasteiger partial charge is 0.494 e. The highest BCUT2D eigenvalue weighted by Crippen LogP contribution is 2.28. The standard InChI is InChI=1S/C30H36BrN3O5S2/c1-6-39-26-13-11-25(12-14-26)34(41(37,38)28-17-15-27(40-5)16-18-28)20-29(35)33(22(4)30(36)32-21(2)3)19-23-7-9-24(31)10-8-23/h7-18,21-22H,6,19-20H2,1-5H3,(H,32,36). The summed E-state index contributed by atoms with van der Waals surface area (Å²) in [6, 6.07) is 19.5. The predicted octanol–water partition coefficient (Wildman–Crippen LogP) is 5.71. The number of hydrogen-bond donors (Lipinski definition) is 1. The second-order valence-corrected chi connectivity index (χ2v) is 13.3. The second kappa shape index (κ2) is 14.7. The summed E-state index contributed by atoms with van der Waals surface area (Å²) in [5.41, 5.74) is 1.10. The van der Waals surface area contributed by atoms with Gasteiger partial charge in [0.1, 0.15) is 18.3 Å². The number of anilines is 1. The first-order valence-electron chi connectivity index (χ1n) is 13.2. The lowest BCUT2D eigenvalue weighted by molar-refractivity contribution is -0.139. The Balaban J connectivity index is 2.03. The Morgan fingerprint density at radius 3 is 2.10 bits per heavy atom. The molecule has 0 radical (unpaired) electrons. The average molecular weight is 663 g/mol. The normalized spacial score (nSPS) is 12.1. The molecule has 8 nitrogen and oxygen atoms in total. The number of nitrogens with one attached hydrogen (secondary N) is 1. The number of carbonyl (C=O) groups is 2. The summed E-state index contributed by atoms with van der Waals surface area (Å²) in [6.45, 7) is 7.27. The van der Waals surface area contributed by atoms with Gasteiger partial charge in [-0.2, -0.15) is 0 Å². The molecule has 0 saturated carbocycles. The number of hydrogen-bond acceptors (Lipinski definition) is 6. The highest BCUT2D eigenvalue weighted by molar-refractivity contribution is 9.10. The smallest absolute Gasteiger partial charge is 0.264 e. The van der Waals surface area contributed by atoms with E-state index in [0.29, 0.717) is 18.0 Å². The number of halogens is 1. The van der Waals surface area contributed by atoms with Crippen LogP contribution in [0, 0.1) is 0 Å². The minimum Gasteiger partial charge on any atom is -0.494 e. The molecule has 1 atom stereocenters. The third-order valence-electron chi connectivity index (χ3n) is 6.23. The van der Waals surface area contributed by atoms with Crippen LogP contribution in [0.2, 0.25) is 0 Å². The molecule has 0 aliphatic heterocycles. The van der Waals surface area contributed by atoms with Gasteiger partial charge in [0, 0.05) is 22.0 Å². The van der Waals surface area contributed by atoms with Gasteiger partial charge in [-0.25, -0.2) is 8.42 Å². The van der Waals surface area contributed by atoms with Crippen LogP contribution in [0.4, 0.5) is 5.69 Å². The highest BCUT2D eigenvalue weighted by Gasteiger charge is 2.32. The predicted molar refractivity (Wildman–Crippen MR) is 168 cm³/mol. The summed E-state index contributed by atoms with van der Waals surface area (Å²) < 4.78 is 35.4. The van der Waals surface area contributed by atoms with E-state index in [4.69, 9.17) is 4.74 Å². The molecule has 3 rings (SSSR count). The lowest BCUT2D eigenvalue weighted by atomic mass is 10.1. The maximum absolute atomic E-state index is 14.0. The molecule has 11 heteroatoms. The molecule has 1 unspecified atom stereocenters. The molecule has 3 aromatic carbocycles. The molecule has 0 fully saturated rings. The van der Waals surface area contributed by atoms with Crippen LogP contribution in [0.25, 0.3) is 0 Å². The first-order chi connectivity index (χ1) is 19.5. The van der Waals surface area contributed by atoms with Gasteiger partial charge in [0.05, 0.1) is 17.2 Å². The second-order valence-electron chi connectivity index (χ2n) is 9.60. The fourth-order valence-electron chi connectivity index (χ4n) is 4.05. The fourth-order valence-corrected chi connectivity index (χ4v) is 6.14. The van der Waals surface area contributed by atoms with Gasteiger partial charge in [-0.05, 0) is 100 Å². The van der Waals surface area contributed by atoms with E-state index < -0.39 is 28.5 Å². The van der Waals surface area contributed by atoms with Crippen molar-refractivity contribution in [3.8, 4) is 5.75 Å². The molecule has 220 valence electrons. The number of benzene rings is 3. The Labute approximate surface area is 255 Å². The SMILES string of the molecule is CCOc1ccc(N(CC(=O)N(Cc2ccc(Br)cc2)C(C)C(=O)NC(C)C)S(=O)(=O)c2ccc(SC)cc2)cc1. The molecule has 2 amide bonds. The van der Waals surface area contributed by atoms with Crippen molar-refractivity contribution in [2.75, 3.05) is 23.7 Å². The lowest BCUT2D eigenvalue weighted by Crippen LogP contribution is -2.52. The van der Waals surface area contributed by atoms with Gasteiger partial charge < -0.3 is 15.0 Å². The van der Waals surface area contributed by atoms with Crippen LogP contribution in [0.5, 0.6) is 5.75 Å². The van der Waals surface area contributed by atoms with E-state index in [1.807, 2.05) is 51.3 Å². The molecule has 0 saturated heterocycles. The number of sulfonamides is 1. The monoisotopic (exact) mass is 661 g/mol. The van der Waals surface area contributed by atoms with Crippen molar-refractivity contribution in [2.24, 2.45) is 0 Å². The number of amides is 2. The summed E-state index contributed by atoms with van der Waals surface area (Å²) in [5, 5.41) is 2.85. The first kappa shape index (κ1) is 32.5.